The molecule has 0 bridgehead atoms. The number of anilines is 1. The molecule has 0 saturated carbocycles. The van der Waals surface area contributed by atoms with Crippen molar-refractivity contribution in [2.45, 2.75) is 20.0 Å². The van der Waals surface area contributed by atoms with Crippen LogP contribution in [0.2, 0.25) is 0 Å². The zero-order valence-corrected chi connectivity index (χ0v) is 9.99. The molecule has 0 aliphatic heterocycles. The van der Waals surface area contributed by atoms with Crippen molar-refractivity contribution in [1.29, 1.82) is 0 Å². The van der Waals surface area contributed by atoms with Gasteiger partial charge in [-0.1, -0.05) is 19.1 Å². The van der Waals surface area contributed by atoms with Gasteiger partial charge in [-0.15, -0.1) is 0 Å². The minimum absolute atomic E-state index is 0.0997. The van der Waals surface area contributed by atoms with Gasteiger partial charge in [-0.2, -0.15) is 8.78 Å². The molecular formula is C13H14F2N2O. The van der Waals surface area contributed by atoms with Gasteiger partial charge in [-0.3, -0.25) is 4.98 Å². The first-order valence-electron chi connectivity index (χ1n) is 5.78. The van der Waals surface area contributed by atoms with Crippen LogP contribution in [0.5, 0.6) is 5.75 Å². The van der Waals surface area contributed by atoms with Gasteiger partial charge in [-0.25, -0.2) is 0 Å². The standard InChI is InChI=1S/C13H14F2N2O/c1-2-7-16-10-6-8-17-12-9(10)4-3-5-11(12)18-13(14)15/h3-6,8,13H,2,7H2,1H3,(H,16,17). The summed E-state index contributed by atoms with van der Waals surface area (Å²) in [6, 6.07) is 6.83. The summed E-state index contributed by atoms with van der Waals surface area (Å²) in [7, 11) is 0. The molecular weight excluding hydrogens is 238 g/mol. The van der Waals surface area contributed by atoms with E-state index in [4.69, 9.17) is 0 Å². The largest absolute Gasteiger partial charge is 0.432 e. The third kappa shape index (κ3) is 2.67. The first kappa shape index (κ1) is 12.5. The van der Waals surface area contributed by atoms with Crippen LogP contribution in [0.15, 0.2) is 30.5 Å². The van der Waals surface area contributed by atoms with Crippen LogP contribution in [0.3, 0.4) is 0 Å². The van der Waals surface area contributed by atoms with Gasteiger partial charge in [0.25, 0.3) is 0 Å². The van der Waals surface area contributed by atoms with Gasteiger partial charge < -0.3 is 10.1 Å². The van der Waals surface area contributed by atoms with E-state index in [0.29, 0.717) is 5.52 Å². The first-order valence-corrected chi connectivity index (χ1v) is 5.78. The van der Waals surface area contributed by atoms with Crippen molar-refractivity contribution in [2.24, 2.45) is 0 Å². The monoisotopic (exact) mass is 252 g/mol. The molecule has 5 heteroatoms. The fourth-order valence-corrected chi connectivity index (χ4v) is 1.75. The summed E-state index contributed by atoms with van der Waals surface area (Å²) in [4.78, 5) is 4.10. The van der Waals surface area contributed by atoms with E-state index in [2.05, 4.69) is 22.0 Å². The number of halogens is 2. The third-order valence-corrected chi connectivity index (χ3v) is 2.52. The SMILES string of the molecule is CCCNc1ccnc2c(OC(F)F)cccc12. The van der Waals surface area contributed by atoms with Crippen LogP contribution in [0.1, 0.15) is 13.3 Å². The topological polar surface area (TPSA) is 34.2 Å². The number of hydrogen-bond donors (Lipinski definition) is 1. The Balaban J connectivity index is 2.44. The summed E-state index contributed by atoms with van der Waals surface area (Å²) in [5.74, 6) is 0.0997. The van der Waals surface area contributed by atoms with E-state index in [9.17, 15) is 8.78 Å². The van der Waals surface area contributed by atoms with E-state index < -0.39 is 6.61 Å². The average Bonchev–Trinajstić information content (AvgIpc) is 2.36. The highest BCUT2D eigenvalue weighted by Gasteiger charge is 2.10. The van der Waals surface area contributed by atoms with Crippen molar-refractivity contribution >= 4 is 16.6 Å². The van der Waals surface area contributed by atoms with Crippen LogP contribution in [0, 0.1) is 0 Å². The maximum Gasteiger partial charge on any atom is 0.387 e. The van der Waals surface area contributed by atoms with Crippen LogP contribution >= 0.6 is 0 Å². The summed E-state index contributed by atoms with van der Waals surface area (Å²) >= 11 is 0. The van der Waals surface area contributed by atoms with Crippen LogP contribution in [0.25, 0.3) is 10.9 Å². The number of nitrogens with zero attached hydrogens (tertiary/aromatic N) is 1. The minimum Gasteiger partial charge on any atom is -0.432 e. The number of pyridine rings is 1. The van der Waals surface area contributed by atoms with Crippen LogP contribution < -0.4 is 10.1 Å². The predicted molar refractivity (Wildman–Crippen MR) is 67.2 cm³/mol. The van der Waals surface area contributed by atoms with Gasteiger partial charge in [0.2, 0.25) is 0 Å². The average molecular weight is 252 g/mol. The first-order chi connectivity index (χ1) is 8.72. The summed E-state index contributed by atoms with van der Waals surface area (Å²) < 4.78 is 29.0. The summed E-state index contributed by atoms with van der Waals surface area (Å²) in [6.45, 7) is 0.0328. The summed E-state index contributed by atoms with van der Waals surface area (Å²) in [5.41, 5.74) is 1.32. The molecule has 2 aromatic rings. The number of rotatable bonds is 5. The molecule has 18 heavy (non-hydrogen) atoms. The van der Waals surface area contributed by atoms with Gasteiger partial charge in [0.15, 0.2) is 5.75 Å². The number of aromatic nitrogens is 1. The lowest BCUT2D eigenvalue weighted by molar-refractivity contribution is -0.0489. The Bertz CT molecular complexity index is 531. The molecule has 0 fully saturated rings. The quantitative estimate of drug-likeness (QED) is 0.881. The fourth-order valence-electron chi connectivity index (χ4n) is 1.75. The zero-order valence-electron chi connectivity index (χ0n) is 9.99. The van der Waals surface area contributed by atoms with Crippen LogP contribution in [0.4, 0.5) is 14.5 Å². The number of para-hydroxylation sites is 1. The fraction of sp³-hybridized carbons (Fsp3) is 0.308. The number of benzene rings is 1. The second-order valence-corrected chi connectivity index (χ2v) is 3.82. The van der Waals surface area contributed by atoms with Gasteiger partial charge in [0, 0.05) is 23.8 Å². The second-order valence-electron chi connectivity index (χ2n) is 3.82. The van der Waals surface area contributed by atoms with E-state index in [1.54, 1.807) is 12.3 Å². The lowest BCUT2D eigenvalue weighted by Crippen LogP contribution is -2.04. The van der Waals surface area contributed by atoms with Gasteiger partial charge >= 0.3 is 6.61 Å². The molecule has 0 amide bonds. The second kappa shape index (κ2) is 5.62. The van der Waals surface area contributed by atoms with Crippen molar-refractivity contribution in [3.05, 3.63) is 30.5 Å². The Morgan fingerprint density at radius 2 is 2.17 bits per heavy atom. The molecule has 0 unspecified atom stereocenters. The lowest BCUT2D eigenvalue weighted by atomic mass is 10.1. The van der Waals surface area contributed by atoms with E-state index in [0.717, 1.165) is 24.0 Å². The van der Waals surface area contributed by atoms with Gasteiger partial charge in [0.1, 0.15) is 5.52 Å². The van der Waals surface area contributed by atoms with Crippen molar-refractivity contribution < 1.29 is 13.5 Å². The number of hydrogen-bond acceptors (Lipinski definition) is 3. The summed E-state index contributed by atoms with van der Waals surface area (Å²) in [6.07, 6.45) is 2.57. The van der Waals surface area contributed by atoms with Crippen molar-refractivity contribution in [2.75, 3.05) is 11.9 Å². The molecule has 3 nitrogen and oxygen atoms in total. The van der Waals surface area contributed by atoms with Crippen LogP contribution in [-0.2, 0) is 0 Å². The molecule has 0 aliphatic carbocycles. The van der Waals surface area contributed by atoms with Crippen molar-refractivity contribution in [3.8, 4) is 5.75 Å². The Labute approximate surface area is 104 Å². The maximum atomic E-state index is 12.3. The highest BCUT2D eigenvalue weighted by molar-refractivity contribution is 5.94. The number of fused-ring (bicyclic) bond motifs is 1. The Kier molecular flexibility index (Phi) is 3.92. The molecule has 0 spiro atoms. The predicted octanol–water partition coefficient (Wildman–Crippen LogP) is 3.66. The molecule has 1 heterocycles. The molecule has 1 aromatic heterocycles. The lowest BCUT2D eigenvalue weighted by Gasteiger charge is -2.11. The molecule has 1 aromatic carbocycles. The summed E-state index contributed by atoms with van der Waals surface area (Å²) in [5, 5.41) is 4.02. The Hall–Kier alpha value is -1.91. The highest BCUT2D eigenvalue weighted by Crippen LogP contribution is 2.29. The number of alkyl halides is 2. The molecule has 2 rings (SSSR count). The third-order valence-electron chi connectivity index (χ3n) is 2.52. The molecule has 1 N–H and O–H groups in total. The molecule has 96 valence electrons. The molecule has 0 aliphatic rings. The minimum atomic E-state index is -2.84. The van der Waals surface area contributed by atoms with E-state index in [1.807, 2.05) is 12.1 Å². The normalized spacial score (nSPS) is 10.9. The van der Waals surface area contributed by atoms with Gasteiger partial charge in [-0.05, 0) is 18.6 Å². The molecule has 0 radical (unpaired) electrons. The number of nitrogens with one attached hydrogen (secondary N) is 1. The van der Waals surface area contributed by atoms with E-state index >= 15 is 0 Å². The number of ether oxygens (including phenoxy) is 1. The van der Waals surface area contributed by atoms with Crippen molar-refractivity contribution in [3.63, 3.8) is 0 Å². The Morgan fingerprint density at radius 3 is 2.89 bits per heavy atom. The highest BCUT2D eigenvalue weighted by atomic mass is 19.3. The zero-order chi connectivity index (χ0) is 13.0. The maximum absolute atomic E-state index is 12.3. The van der Waals surface area contributed by atoms with E-state index in [-0.39, 0.29) is 5.75 Å². The smallest absolute Gasteiger partial charge is 0.387 e. The van der Waals surface area contributed by atoms with Gasteiger partial charge in [0.05, 0.1) is 0 Å². The van der Waals surface area contributed by atoms with Crippen molar-refractivity contribution in [1.82, 2.24) is 4.98 Å². The Morgan fingerprint density at radius 1 is 1.33 bits per heavy atom. The van der Waals surface area contributed by atoms with Crippen LogP contribution in [-0.4, -0.2) is 18.1 Å². The van der Waals surface area contributed by atoms with E-state index in [1.165, 1.54) is 6.07 Å². The molecule has 0 atom stereocenters. The molecule has 0 saturated heterocycles.